The number of nitrogens with one attached hydrogen (secondary N) is 2. The molecule has 2 fully saturated rings. The molecule has 0 radical (unpaired) electrons. The first-order valence-electron chi connectivity index (χ1n) is 4.71. The summed E-state index contributed by atoms with van der Waals surface area (Å²) in [6.07, 6.45) is -0.543. The first-order valence-corrected chi connectivity index (χ1v) is 5.65. The monoisotopic (exact) mass is 218 g/mol. The quantitative estimate of drug-likeness (QED) is 0.567. The number of hydrogen-bond donors (Lipinski definition) is 3. The molecule has 2 aliphatic rings. The smallest absolute Gasteiger partial charge is 0.223 e. The second kappa shape index (κ2) is 4.06. The number of aliphatic hydroxyl groups excluding tert-OH is 1. The molecule has 2 saturated heterocycles. The van der Waals surface area contributed by atoms with Gasteiger partial charge in [0.15, 0.2) is 5.56 Å². The highest BCUT2D eigenvalue weighted by molar-refractivity contribution is 8.00. The zero-order valence-corrected chi connectivity index (χ0v) is 8.71. The van der Waals surface area contributed by atoms with Crippen LogP contribution in [-0.2, 0) is 9.53 Å². The fraction of sp³-hybridized carbons (Fsp3) is 0.875. The van der Waals surface area contributed by atoms with Gasteiger partial charge in [0.1, 0.15) is 0 Å². The van der Waals surface area contributed by atoms with E-state index in [1.165, 1.54) is 11.8 Å². The molecule has 0 aromatic heterocycles. The third-order valence-electron chi connectivity index (χ3n) is 2.33. The second-order valence-corrected chi connectivity index (χ2v) is 4.62. The summed E-state index contributed by atoms with van der Waals surface area (Å²) in [5, 5.41) is 15.6. The third-order valence-corrected chi connectivity index (χ3v) is 3.75. The number of thioether (sulfide) groups is 1. The number of carbonyl (C=O) groups excluding carboxylic acids is 1. The molecular formula is C8H14N2O3S. The van der Waals surface area contributed by atoms with Crippen LogP contribution in [0.3, 0.4) is 0 Å². The number of ether oxygens (including phenoxy) is 1. The van der Waals surface area contributed by atoms with Crippen molar-refractivity contribution in [1.82, 2.24) is 10.6 Å². The van der Waals surface area contributed by atoms with Gasteiger partial charge in [-0.1, -0.05) is 0 Å². The Morgan fingerprint density at radius 1 is 1.71 bits per heavy atom. The molecule has 0 aromatic carbocycles. The van der Waals surface area contributed by atoms with Crippen LogP contribution in [0.15, 0.2) is 0 Å². The van der Waals surface area contributed by atoms with Gasteiger partial charge >= 0.3 is 0 Å². The second-order valence-electron chi connectivity index (χ2n) is 3.37. The number of piperidine rings is 1. The van der Waals surface area contributed by atoms with Crippen molar-refractivity contribution < 1.29 is 14.6 Å². The van der Waals surface area contributed by atoms with Gasteiger partial charge in [0.25, 0.3) is 0 Å². The molecule has 0 bridgehead atoms. The maximum Gasteiger partial charge on any atom is 0.223 e. The minimum Gasteiger partial charge on any atom is -0.391 e. The number of amides is 1. The van der Waals surface area contributed by atoms with Crippen LogP contribution in [0.5, 0.6) is 0 Å². The van der Waals surface area contributed by atoms with E-state index in [0.717, 1.165) is 0 Å². The summed E-state index contributed by atoms with van der Waals surface area (Å²) < 4.78 is 5.37. The Bertz CT molecular complexity index is 239. The maximum atomic E-state index is 11.1. The van der Waals surface area contributed by atoms with Crippen LogP contribution < -0.4 is 10.6 Å². The zero-order valence-electron chi connectivity index (χ0n) is 7.90. The Morgan fingerprint density at radius 3 is 3.21 bits per heavy atom. The molecule has 4 atom stereocenters. The van der Waals surface area contributed by atoms with E-state index in [4.69, 9.17) is 4.74 Å². The Kier molecular flexibility index (Phi) is 2.96. The summed E-state index contributed by atoms with van der Waals surface area (Å²) in [5.41, 5.74) is -0.122. The molecule has 0 aliphatic carbocycles. The van der Waals surface area contributed by atoms with E-state index >= 15 is 0 Å². The molecule has 1 amide bonds. The van der Waals surface area contributed by atoms with E-state index in [0.29, 0.717) is 6.61 Å². The largest absolute Gasteiger partial charge is 0.391 e. The normalized spacial score (nSPS) is 42.0. The lowest BCUT2D eigenvalue weighted by atomic mass is 10.1. The third kappa shape index (κ3) is 1.88. The van der Waals surface area contributed by atoms with Gasteiger partial charge < -0.3 is 15.2 Å². The number of fused-ring (bicyclic) bond motifs is 1. The van der Waals surface area contributed by atoms with Crippen LogP contribution >= 0.6 is 11.8 Å². The molecule has 5 nitrogen and oxygen atoms in total. The van der Waals surface area contributed by atoms with Crippen LogP contribution in [-0.4, -0.2) is 40.7 Å². The van der Waals surface area contributed by atoms with Gasteiger partial charge in [-0.2, -0.15) is 0 Å². The first-order chi connectivity index (χ1) is 6.70. The number of hydrogen-bond acceptors (Lipinski definition) is 5. The minimum absolute atomic E-state index is 0.00394. The summed E-state index contributed by atoms with van der Waals surface area (Å²) in [6, 6.07) is 0. The topological polar surface area (TPSA) is 70.6 Å². The van der Waals surface area contributed by atoms with Gasteiger partial charge in [-0.25, -0.2) is 0 Å². The molecule has 0 aromatic rings. The van der Waals surface area contributed by atoms with Crippen LogP contribution in [0, 0.1) is 0 Å². The van der Waals surface area contributed by atoms with Gasteiger partial charge in [-0.05, 0) is 6.92 Å². The van der Waals surface area contributed by atoms with Crippen molar-refractivity contribution in [1.29, 1.82) is 0 Å². The molecule has 2 rings (SSSR count). The summed E-state index contributed by atoms with van der Waals surface area (Å²) in [7, 11) is 0. The van der Waals surface area contributed by atoms with Crippen molar-refractivity contribution in [3.63, 3.8) is 0 Å². The maximum absolute atomic E-state index is 11.1. The molecular weight excluding hydrogens is 204 g/mol. The van der Waals surface area contributed by atoms with E-state index in [-0.39, 0.29) is 29.3 Å². The predicted octanol–water partition coefficient (Wildman–Crippen LogP) is -0.782. The lowest BCUT2D eigenvalue weighted by molar-refractivity contribution is -0.126. The summed E-state index contributed by atoms with van der Waals surface area (Å²) in [4.78, 5) is 11.1. The number of carbonyl (C=O) groups is 1. The van der Waals surface area contributed by atoms with E-state index < -0.39 is 6.10 Å². The van der Waals surface area contributed by atoms with Crippen molar-refractivity contribution in [2.24, 2.45) is 0 Å². The minimum atomic E-state index is -0.572. The van der Waals surface area contributed by atoms with Crippen molar-refractivity contribution in [3.05, 3.63) is 0 Å². The van der Waals surface area contributed by atoms with Crippen LogP contribution in [0.25, 0.3) is 0 Å². The average molecular weight is 218 g/mol. The van der Waals surface area contributed by atoms with Crippen molar-refractivity contribution in [2.75, 3.05) is 6.61 Å². The van der Waals surface area contributed by atoms with Crippen molar-refractivity contribution in [2.45, 2.75) is 36.4 Å². The standard InChI is InChI=1S/C8H14N2O3S/c1-2-13-8-10-7-6(14-8)4(11)3-5(12)9-7/h4,6-8,10-11H,2-3H2,1H3,(H,9,12). The Labute approximate surface area is 86.6 Å². The molecule has 0 spiro atoms. The highest BCUT2D eigenvalue weighted by atomic mass is 32.2. The SMILES string of the molecule is CCOC1NC2NC(=O)CC(O)C2S1. The van der Waals surface area contributed by atoms with Gasteiger partial charge in [-0.15, -0.1) is 11.8 Å². The summed E-state index contributed by atoms with van der Waals surface area (Å²) in [5.74, 6) is -0.107. The predicted molar refractivity (Wildman–Crippen MR) is 52.5 cm³/mol. The molecule has 0 saturated carbocycles. The van der Waals surface area contributed by atoms with E-state index in [2.05, 4.69) is 10.6 Å². The van der Waals surface area contributed by atoms with Gasteiger partial charge in [0, 0.05) is 6.61 Å². The van der Waals surface area contributed by atoms with Crippen molar-refractivity contribution >= 4 is 17.7 Å². The molecule has 80 valence electrons. The van der Waals surface area contributed by atoms with Gasteiger partial charge in [0.05, 0.1) is 23.9 Å². The molecule has 14 heavy (non-hydrogen) atoms. The molecule has 2 heterocycles. The molecule has 2 aliphatic heterocycles. The van der Waals surface area contributed by atoms with Crippen LogP contribution in [0.2, 0.25) is 0 Å². The van der Waals surface area contributed by atoms with E-state index in [1.54, 1.807) is 0 Å². The lowest BCUT2D eigenvalue weighted by Crippen LogP contribution is -2.56. The Hall–Kier alpha value is -0.300. The number of aliphatic hydroxyl groups is 1. The first kappa shape index (κ1) is 10.2. The fourth-order valence-corrected chi connectivity index (χ4v) is 3.02. The molecule has 4 unspecified atom stereocenters. The highest BCUT2D eigenvalue weighted by Gasteiger charge is 2.43. The van der Waals surface area contributed by atoms with Crippen molar-refractivity contribution in [3.8, 4) is 0 Å². The average Bonchev–Trinajstić information content (AvgIpc) is 2.48. The highest BCUT2D eigenvalue weighted by Crippen LogP contribution is 2.32. The number of rotatable bonds is 2. The van der Waals surface area contributed by atoms with E-state index in [9.17, 15) is 9.90 Å². The summed E-state index contributed by atoms with van der Waals surface area (Å²) in [6.45, 7) is 2.54. The lowest BCUT2D eigenvalue weighted by Gasteiger charge is -2.28. The Balaban J connectivity index is 1.98. The zero-order chi connectivity index (χ0) is 10.1. The van der Waals surface area contributed by atoms with Crippen LogP contribution in [0.4, 0.5) is 0 Å². The van der Waals surface area contributed by atoms with Gasteiger partial charge in [0.2, 0.25) is 5.91 Å². The van der Waals surface area contributed by atoms with Crippen LogP contribution in [0.1, 0.15) is 13.3 Å². The van der Waals surface area contributed by atoms with Gasteiger partial charge in [-0.3, -0.25) is 10.1 Å². The molecule has 6 heteroatoms. The molecule has 3 N–H and O–H groups in total. The fourth-order valence-electron chi connectivity index (χ4n) is 1.72. The van der Waals surface area contributed by atoms with E-state index in [1.807, 2.05) is 6.92 Å². The Morgan fingerprint density at radius 2 is 2.50 bits per heavy atom. The summed E-state index contributed by atoms with van der Waals surface area (Å²) >= 11 is 1.53.